The van der Waals surface area contributed by atoms with E-state index in [0.29, 0.717) is 42.1 Å². The smallest absolute Gasteiger partial charge is 0.262 e. The first-order valence-corrected chi connectivity index (χ1v) is 14.8. The van der Waals surface area contributed by atoms with E-state index in [1.165, 1.54) is 11.0 Å². The fourth-order valence-electron chi connectivity index (χ4n) is 5.77. The number of allylic oxidation sites excluding steroid dienone is 1. The van der Waals surface area contributed by atoms with Gasteiger partial charge in [-0.05, 0) is 53.1 Å². The number of benzene rings is 4. The predicted octanol–water partition coefficient (Wildman–Crippen LogP) is 5.85. The van der Waals surface area contributed by atoms with Crippen LogP contribution in [0.1, 0.15) is 32.7 Å². The number of nitrogens with one attached hydrogen (secondary N) is 3. The van der Waals surface area contributed by atoms with Crippen LogP contribution >= 0.6 is 0 Å². The Hall–Kier alpha value is -4.99. The molecule has 2 aliphatic rings. The first-order valence-electron chi connectivity index (χ1n) is 14.8. The van der Waals surface area contributed by atoms with E-state index >= 15 is 8.78 Å². The Balaban J connectivity index is 1.29. The number of alkyl halides is 2. The van der Waals surface area contributed by atoms with E-state index in [2.05, 4.69) is 16.0 Å². The molecule has 9 heteroatoms. The van der Waals surface area contributed by atoms with Crippen LogP contribution < -0.4 is 20.9 Å². The van der Waals surface area contributed by atoms with Crippen LogP contribution in [0.2, 0.25) is 0 Å². The van der Waals surface area contributed by atoms with Gasteiger partial charge in [-0.1, -0.05) is 66.7 Å². The molecule has 3 N–H and O–H groups in total. The van der Waals surface area contributed by atoms with Crippen molar-refractivity contribution in [3.63, 3.8) is 0 Å². The summed E-state index contributed by atoms with van der Waals surface area (Å²) in [5, 5.41) is 9.12. The van der Waals surface area contributed by atoms with Crippen LogP contribution in [0.15, 0.2) is 115 Å². The minimum Gasteiger partial charge on any atom is -0.322 e. The van der Waals surface area contributed by atoms with Gasteiger partial charge in [0.2, 0.25) is 0 Å². The minimum atomic E-state index is -3.17. The normalized spacial score (nSPS) is 18.5. The number of fused-ring (bicyclic) bond motifs is 1. The number of nitrogens with zero attached hydrogens (tertiary/aromatic N) is 1. The number of amides is 2. The zero-order valence-electron chi connectivity index (χ0n) is 24.4. The number of carbonyl (C=O) groups is 3. The molecule has 6 rings (SSSR count). The van der Waals surface area contributed by atoms with Gasteiger partial charge in [-0.2, -0.15) is 0 Å². The number of rotatable bonds is 6. The van der Waals surface area contributed by atoms with Crippen molar-refractivity contribution in [3.05, 3.63) is 132 Å². The molecule has 1 atom stereocenters. The van der Waals surface area contributed by atoms with E-state index in [0.717, 1.165) is 11.1 Å². The molecule has 2 amide bonds. The molecule has 7 nitrogen and oxygen atoms in total. The SMILES string of the molecule is O=C(Nc1ccc(C(=O)N2C(=CC(=O)C3CNCCN3)CC(F)(F)Cc3ccccc32)cc1)c1ccccc1-c1ccccc1. The van der Waals surface area contributed by atoms with Gasteiger partial charge in [0.15, 0.2) is 5.78 Å². The summed E-state index contributed by atoms with van der Waals surface area (Å²) in [6.07, 6.45) is -0.150. The molecule has 0 aliphatic carbocycles. The molecule has 228 valence electrons. The van der Waals surface area contributed by atoms with Gasteiger partial charge in [0.1, 0.15) is 0 Å². The summed E-state index contributed by atoms with van der Waals surface area (Å²) < 4.78 is 30.4. The second-order valence-corrected chi connectivity index (χ2v) is 11.2. The quantitative estimate of drug-likeness (QED) is 0.240. The van der Waals surface area contributed by atoms with Crippen LogP contribution in [0.3, 0.4) is 0 Å². The van der Waals surface area contributed by atoms with Gasteiger partial charge in [0.25, 0.3) is 17.7 Å². The lowest BCUT2D eigenvalue weighted by molar-refractivity contribution is -0.116. The summed E-state index contributed by atoms with van der Waals surface area (Å²) in [4.78, 5) is 41.8. The number of halogens is 2. The Morgan fingerprint density at radius 2 is 1.53 bits per heavy atom. The van der Waals surface area contributed by atoms with Crippen molar-refractivity contribution in [1.82, 2.24) is 10.6 Å². The van der Waals surface area contributed by atoms with E-state index in [4.69, 9.17) is 0 Å². The molecule has 0 bridgehead atoms. The molecule has 2 aliphatic heterocycles. The van der Waals surface area contributed by atoms with E-state index in [9.17, 15) is 14.4 Å². The molecule has 1 saturated heterocycles. The third-order valence-electron chi connectivity index (χ3n) is 7.95. The Morgan fingerprint density at radius 3 is 2.29 bits per heavy atom. The fourth-order valence-corrected chi connectivity index (χ4v) is 5.77. The molecule has 0 saturated carbocycles. The number of piperazine rings is 1. The highest BCUT2D eigenvalue weighted by Gasteiger charge is 2.40. The van der Waals surface area contributed by atoms with Crippen LogP contribution in [0, 0.1) is 0 Å². The molecule has 0 radical (unpaired) electrons. The Bertz CT molecular complexity index is 1750. The van der Waals surface area contributed by atoms with Crippen LogP contribution in [0.4, 0.5) is 20.2 Å². The average Bonchev–Trinajstić information content (AvgIpc) is 3.17. The highest BCUT2D eigenvalue weighted by Crippen LogP contribution is 2.40. The molecule has 4 aromatic rings. The number of carbonyl (C=O) groups excluding carboxylic acids is 3. The molecular formula is C36H32F2N4O3. The van der Waals surface area contributed by atoms with Crippen LogP contribution in [-0.2, 0) is 11.2 Å². The van der Waals surface area contributed by atoms with Crippen molar-refractivity contribution in [1.29, 1.82) is 0 Å². The van der Waals surface area contributed by atoms with E-state index in [1.54, 1.807) is 60.7 Å². The third-order valence-corrected chi connectivity index (χ3v) is 7.95. The van der Waals surface area contributed by atoms with Crippen LogP contribution in [0.5, 0.6) is 0 Å². The van der Waals surface area contributed by atoms with Crippen LogP contribution in [0.25, 0.3) is 11.1 Å². The first-order chi connectivity index (χ1) is 21.8. The summed E-state index contributed by atoms with van der Waals surface area (Å²) >= 11 is 0. The number of para-hydroxylation sites is 1. The van der Waals surface area contributed by atoms with Gasteiger partial charge in [0.05, 0.1) is 18.2 Å². The predicted molar refractivity (Wildman–Crippen MR) is 171 cm³/mol. The van der Waals surface area contributed by atoms with Crippen molar-refractivity contribution in [3.8, 4) is 11.1 Å². The monoisotopic (exact) mass is 606 g/mol. The first kappa shape index (κ1) is 30.1. The van der Waals surface area contributed by atoms with E-state index < -0.39 is 30.7 Å². The van der Waals surface area contributed by atoms with Crippen molar-refractivity contribution < 1.29 is 23.2 Å². The van der Waals surface area contributed by atoms with Crippen molar-refractivity contribution >= 4 is 29.0 Å². The topological polar surface area (TPSA) is 90.5 Å². The Morgan fingerprint density at radius 1 is 0.822 bits per heavy atom. The van der Waals surface area contributed by atoms with E-state index in [-0.39, 0.29) is 23.0 Å². The maximum Gasteiger partial charge on any atom is 0.262 e. The van der Waals surface area contributed by atoms with Gasteiger partial charge in [-0.25, -0.2) is 8.78 Å². The zero-order chi connectivity index (χ0) is 31.4. The van der Waals surface area contributed by atoms with Gasteiger partial charge in [-0.3, -0.25) is 19.3 Å². The molecule has 0 aromatic heterocycles. The Kier molecular flexibility index (Phi) is 8.64. The van der Waals surface area contributed by atoms with Gasteiger partial charge in [-0.15, -0.1) is 0 Å². The molecule has 4 aromatic carbocycles. The summed E-state index contributed by atoms with van der Waals surface area (Å²) in [6.45, 7) is 1.64. The van der Waals surface area contributed by atoms with E-state index in [1.807, 2.05) is 42.5 Å². The van der Waals surface area contributed by atoms with Crippen LogP contribution in [-0.4, -0.2) is 49.2 Å². The number of hydrogen-bond donors (Lipinski definition) is 3. The standard InChI is InChI=1S/C36H32F2N4O3/c37-36(38)21-26-10-4-7-13-32(26)42(28(22-36)20-33(43)31-23-39-18-19-40-31)35(45)25-14-16-27(17-15-25)41-34(44)30-12-6-5-11-29(30)24-8-2-1-3-9-24/h1-17,20,31,39-40H,18-19,21-23H2,(H,41,44). The number of anilines is 2. The molecular weight excluding hydrogens is 574 g/mol. The lowest BCUT2D eigenvalue weighted by atomic mass is 9.99. The second-order valence-electron chi connectivity index (χ2n) is 11.2. The lowest BCUT2D eigenvalue weighted by Crippen LogP contribution is -2.52. The largest absolute Gasteiger partial charge is 0.322 e. The highest BCUT2D eigenvalue weighted by atomic mass is 19.3. The van der Waals surface area contributed by atoms with Gasteiger partial charge < -0.3 is 16.0 Å². The number of ketones is 1. The van der Waals surface area contributed by atoms with Crippen molar-refractivity contribution in [2.45, 2.75) is 24.8 Å². The third kappa shape index (κ3) is 6.74. The lowest BCUT2D eigenvalue weighted by Gasteiger charge is -2.27. The highest BCUT2D eigenvalue weighted by molar-refractivity contribution is 6.11. The number of hydrogen-bond acceptors (Lipinski definition) is 5. The van der Waals surface area contributed by atoms with Gasteiger partial charge in [0, 0.05) is 54.6 Å². The molecule has 0 spiro atoms. The minimum absolute atomic E-state index is 0.0674. The summed E-state index contributed by atoms with van der Waals surface area (Å²) in [6, 6.07) is 29.1. The fraction of sp³-hybridized carbons (Fsp3) is 0.194. The second kappa shape index (κ2) is 12.9. The van der Waals surface area contributed by atoms with Crippen molar-refractivity contribution in [2.24, 2.45) is 0 Å². The average molecular weight is 607 g/mol. The molecule has 2 heterocycles. The molecule has 1 fully saturated rings. The zero-order valence-corrected chi connectivity index (χ0v) is 24.4. The molecule has 1 unspecified atom stereocenters. The summed E-state index contributed by atoms with van der Waals surface area (Å²) in [5.41, 5.74) is 3.42. The summed E-state index contributed by atoms with van der Waals surface area (Å²) in [5.74, 6) is -4.41. The molecule has 45 heavy (non-hydrogen) atoms. The maximum absolute atomic E-state index is 15.2. The maximum atomic E-state index is 15.2. The summed E-state index contributed by atoms with van der Waals surface area (Å²) in [7, 11) is 0. The van der Waals surface area contributed by atoms with Crippen molar-refractivity contribution in [2.75, 3.05) is 29.9 Å². The van der Waals surface area contributed by atoms with Gasteiger partial charge >= 0.3 is 0 Å². The Labute approximate surface area is 260 Å².